The standard InChI is InChI=1S/C13H19ClN2O2S/c1-9-3-4-13(11(14)7-9)19(17,18)16-12-5-6-15-8-10(12)2/h3-4,7,10,12,15-16H,5-6,8H2,1-2H3. The molecule has 6 heteroatoms. The first kappa shape index (κ1) is 14.8. The van der Waals surface area contributed by atoms with Crippen molar-refractivity contribution in [3.8, 4) is 0 Å². The second kappa shape index (κ2) is 5.79. The van der Waals surface area contributed by atoms with Crippen molar-refractivity contribution >= 4 is 21.6 Å². The Morgan fingerprint density at radius 2 is 2.16 bits per heavy atom. The van der Waals surface area contributed by atoms with E-state index in [0.29, 0.717) is 0 Å². The molecule has 1 heterocycles. The molecule has 0 amide bonds. The van der Waals surface area contributed by atoms with E-state index in [9.17, 15) is 8.42 Å². The van der Waals surface area contributed by atoms with Crippen molar-refractivity contribution < 1.29 is 8.42 Å². The molecule has 2 rings (SSSR count). The highest BCUT2D eigenvalue weighted by molar-refractivity contribution is 7.89. The summed E-state index contributed by atoms with van der Waals surface area (Å²) in [5, 5.41) is 3.52. The number of aryl methyl sites for hydroxylation is 1. The fourth-order valence-corrected chi connectivity index (χ4v) is 4.25. The van der Waals surface area contributed by atoms with Crippen LogP contribution >= 0.6 is 11.6 Å². The van der Waals surface area contributed by atoms with E-state index in [1.165, 1.54) is 0 Å². The van der Waals surface area contributed by atoms with Crippen LogP contribution in [-0.4, -0.2) is 27.5 Å². The van der Waals surface area contributed by atoms with Crippen LogP contribution in [0.5, 0.6) is 0 Å². The fraction of sp³-hybridized carbons (Fsp3) is 0.538. The van der Waals surface area contributed by atoms with Gasteiger partial charge in [0, 0.05) is 6.04 Å². The minimum Gasteiger partial charge on any atom is -0.316 e. The van der Waals surface area contributed by atoms with Gasteiger partial charge in [0.25, 0.3) is 0 Å². The van der Waals surface area contributed by atoms with Crippen LogP contribution in [0.25, 0.3) is 0 Å². The number of piperidine rings is 1. The molecule has 0 saturated carbocycles. The molecule has 0 spiro atoms. The Morgan fingerprint density at radius 3 is 2.79 bits per heavy atom. The smallest absolute Gasteiger partial charge is 0.242 e. The Hall–Kier alpha value is -0.620. The molecule has 0 aliphatic carbocycles. The minimum atomic E-state index is -3.55. The van der Waals surface area contributed by atoms with Gasteiger partial charge in [0.1, 0.15) is 4.90 Å². The van der Waals surface area contributed by atoms with Crippen molar-refractivity contribution in [2.75, 3.05) is 13.1 Å². The zero-order chi connectivity index (χ0) is 14.0. The predicted octanol–water partition coefficient (Wildman–Crippen LogP) is 1.92. The molecule has 2 N–H and O–H groups in total. The first-order valence-corrected chi connectivity index (χ1v) is 8.25. The average molecular weight is 303 g/mol. The molecule has 1 aromatic carbocycles. The summed E-state index contributed by atoms with van der Waals surface area (Å²) in [5.41, 5.74) is 0.944. The van der Waals surface area contributed by atoms with E-state index in [1.807, 2.05) is 13.8 Å². The van der Waals surface area contributed by atoms with Crippen molar-refractivity contribution in [3.63, 3.8) is 0 Å². The second-order valence-corrected chi connectivity index (χ2v) is 7.22. The topological polar surface area (TPSA) is 58.2 Å². The van der Waals surface area contributed by atoms with Gasteiger partial charge in [-0.2, -0.15) is 0 Å². The molecule has 1 aromatic rings. The third-order valence-corrected chi connectivity index (χ3v) is 5.44. The highest BCUT2D eigenvalue weighted by atomic mass is 35.5. The Bertz CT molecular complexity index is 560. The van der Waals surface area contributed by atoms with Crippen molar-refractivity contribution in [2.45, 2.75) is 31.2 Å². The summed E-state index contributed by atoms with van der Waals surface area (Å²) in [7, 11) is -3.55. The van der Waals surface area contributed by atoms with E-state index >= 15 is 0 Å². The monoisotopic (exact) mass is 302 g/mol. The number of rotatable bonds is 3. The highest BCUT2D eigenvalue weighted by Gasteiger charge is 2.27. The van der Waals surface area contributed by atoms with Crippen LogP contribution in [0.2, 0.25) is 5.02 Å². The first-order chi connectivity index (χ1) is 8.90. The number of nitrogens with one attached hydrogen (secondary N) is 2. The van der Waals surface area contributed by atoms with E-state index in [0.717, 1.165) is 25.1 Å². The van der Waals surface area contributed by atoms with E-state index < -0.39 is 10.0 Å². The lowest BCUT2D eigenvalue weighted by Crippen LogP contribution is -2.48. The van der Waals surface area contributed by atoms with Crippen LogP contribution in [0.4, 0.5) is 0 Å². The van der Waals surface area contributed by atoms with Gasteiger partial charge in [0.15, 0.2) is 0 Å². The zero-order valence-electron chi connectivity index (χ0n) is 11.1. The van der Waals surface area contributed by atoms with Gasteiger partial charge in [-0.25, -0.2) is 13.1 Å². The minimum absolute atomic E-state index is 0.0383. The summed E-state index contributed by atoms with van der Waals surface area (Å²) < 4.78 is 27.5. The van der Waals surface area contributed by atoms with Gasteiger partial charge in [0.05, 0.1) is 5.02 Å². The lowest BCUT2D eigenvalue weighted by atomic mass is 9.97. The van der Waals surface area contributed by atoms with Crippen LogP contribution in [0.15, 0.2) is 23.1 Å². The highest BCUT2D eigenvalue weighted by Crippen LogP contribution is 2.23. The van der Waals surface area contributed by atoms with E-state index in [1.54, 1.807) is 18.2 Å². The van der Waals surface area contributed by atoms with Crippen LogP contribution < -0.4 is 10.0 Å². The maximum absolute atomic E-state index is 12.4. The summed E-state index contributed by atoms with van der Waals surface area (Å²) in [6, 6.07) is 4.95. The SMILES string of the molecule is Cc1ccc(S(=O)(=O)NC2CCNCC2C)c(Cl)c1. The third kappa shape index (κ3) is 3.48. The van der Waals surface area contributed by atoms with Crippen LogP contribution in [0.1, 0.15) is 18.9 Å². The Kier molecular flexibility index (Phi) is 4.50. The second-order valence-electron chi connectivity index (χ2n) is 5.13. The fourth-order valence-electron chi connectivity index (χ4n) is 2.28. The summed E-state index contributed by atoms with van der Waals surface area (Å²) >= 11 is 6.04. The molecule has 106 valence electrons. The molecule has 1 fully saturated rings. The molecule has 1 aliphatic heterocycles. The Morgan fingerprint density at radius 1 is 1.42 bits per heavy atom. The van der Waals surface area contributed by atoms with E-state index in [4.69, 9.17) is 11.6 Å². The molecule has 2 unspecified atom stereocenters. The molecule has 0 radical (unpaired) electrons. The van der Waals surface area contributed by atoms with Gasteiger partial charge in [-0.3, -0.25) is 0 Å². The molecule has 1 saturated heterocycles. The largest absolute Gasteiger partial charge is 0.316 e. The molecule has 1 aliphatic rings. The number of benzene rings is 1. The summed E-state index contributed by atoms with van der Waals surface area (Å²) in [4.78, 5) is 0.158. The van der Waals surface area contributed by atoms with Gasteiger partial charge in [0.2, 0.25) is 10.0 Å². The number of halogens is 1. The maximum atomic E-state index is 12.4. The van der Waals surface area contributed by atoms with Crippen LogP contribution in [-0.2, 0) is 10.0 Å². The maximum Gasteiger partial charge on any atom is 0.242 e. The van der Waals surface area contributed by atoms with E-state index in [2.05, 4.69) is 10.0 Å². The van der Waals surface area contributed by atoms with Crippen molar-refractivity contribution in [3.05, 3.63) is 28.8 Å². The van der Waals surface area contributed by atoms with Crippen LogP contribution in [0.3, 0.4) is 0 Å². The van der Waals surface area contributed by atoms with Crippen molar-refractivity contribution in [1.82, 2.24) is 10.0 Å². The zero-order valence-corrected chi connectivity index (χ0v) is 12.7. The number of hydrogen-bond acceptors (Lipinski definition) is 3. The van der Waals surface area contributed by atoms with Gasteiger partial charge in [-0.15, -0.1) is 0 Å². The van der Waals surface area contributed by atoms with Crippen molar-refractivity contribution in [1.29, 1.82) is 0 Å². The molecule has 2 atom stereocenters. The molecular formula is C13H19ClN2O2S. The molecule has 0 bridgehead atoms. The number of sulfonamides is 1. The third-order valence-electron chi connectivity index (χ3n) is 3.47. The average Bonchev–Trinajstić information content (AvgIpc) is 2.31. The van der Waals surface area contributed by atoms with E-state index in [-0.39, 0.29) is 21.9 Å². The number of hydrogen-bond donors (Lipinski definition) is 2. The van der Waals surface area contributed by atoms with Gasteiger partial charge < -0.3 is 5.32 Å². The summed E-state index contributed by atoms with van der Waals surface area (Å²) in [6.45, 7) is 5.58. The van der Waals surface area contributed by atoms with Gasteiger partial charge in [-0.05, 0) is 50.0 Å². The normalized spacial score (nSPS) is 24.4. The molecule has 19 heavy (non-hydrogen) atoms. The lowest BCUT2D eigenvalue weighted by Gasteiger charge is -2.30. The van der Waals surface area contributed by atoms with Gasteiger partial charge >= 0.3 is 0 Å². The van der Waals surface area contributed by atoms with Crippen LogP contribution in [0, 0.1) is 12.8 Å². The molecular weight excluding hydrogens is 284 g/mol. The lowest BCUT2D eigenvalue weighted by molar-refractivity contribution is 0.328. The van der Waals surface area contributed by atoms with Crippen molar-refractivity contribution in [2.24, 2.45) is 5.92 Å². The quantitative estimate of drug-likeness (QED) is 0.897. The molecule has 4 nitrogen and oxygen atoms in total. The summed E-state index contributed by atoms with van der Waals surface area (Å²) in [6.07, 6.45) is 0.796. The summed E-state index contributed by atoms with van der Waals surface area (Å²) in [5.74, 6) is 0.271. The predicted molar refractivity (Wildman–Crippen MR) is 76.9 cm³/mol. The molecule has 0 aromatic heterocycles. The Balaban J connectivity index is 2.22. The Labute approximate surface area is 119 Å². The van der Waals surface area contributed by atoms with Gasteiger partial charge in [-0.1, -0.05) is 24.6 Å². The first-order valence-electron chi connectivity index (χ1n) is 6.39.